The van der Waals surface area contributed by atoms with E-state index in [2.05, 4.69) is 4.90 Å². The van der Waals surface area contributed by atoms with Gasteiger partial charge in [-0.1, -0.05) is 18.2 Å². The van der Waals surface area contributed by atoms with Crippen molar-refractivity contribution in [1.82, 2.24) is 4.90 Å². The Morgan fingerprint density at radius 3 is 2.68 bits per heavy atom. The number of nitrogens with two attached hydrogens (primary N) is 1. The molecular weight excluding hydrogens is 246 g/mol. The van der Waals surface area contributed by atoms with Gasteiger partial charge in [0, 0.05) is 17.6 Å². The lowest BCUT2D eigenvalue weighted by atomic mass is 9.92. The van der Waals surface area contributed by atoms with E-state index in [1.807, 2.05) is 6.07 Å². The van der Waals surface area contributed by atoms with Crippen molar-refractivity contribution >= 4 is 0 Å². The van der Waals surface area contributed by atoms with Crippen molar-refractivity contribution in [2.24, 2.45) is 11.7 Å². The molecule has 0 radical (unpaired) electrons. The third-order valence-corrected chi connectivity index (χ3v) is 4.38. The van der Waals surface area contributed by atoms with Gasteiger partial charge in [-0.3, -0.25) is 4.90 Å². The van der Waals surface area contributed by atoms with Crippen LogP contribution in [-0.2, 0) is 0 Å². The SMILES string of the molecule is NCC1CCN(C2CC2)C1c1cccc(C(F)F)c1. The van der Waals surface area contributed by atoms with Crippen molar-refractivity contribution in [3.63, 3.8) is 0 Å². The summed E-state index contributed by atoms with van der Waals surface area (Å²) in [5, 5.41) is 0. The first-order chi connectivity index (χ1) is 9.20. The Morgan fingerprint density at radius 2 is 2.05 bits per heavy atom. The first-order valence-electron chi connectivity index (χ1n) is 7.04. The minimum absolute atomic E-state index is 0.121. The average molecular weight is 266 g/mol. The molecule has 19 heavy (non-hydrogen) atoms. The van der Waals surface area contributed by atoms with Crippen LogP contribution in [0.25, 0.3) is 0 Å². The Bertz CT molecular complexity index is 446. The zero-order chi connectivity index (χ0) is 13.4. The normalized spacial score (nSPS) is 28.2. The predicted octanol–water partition coefficient (Wildman–Crippen LogP) is 3.11. The molecule has 4 heteroatoms. The fourth-order valence-electron chi connectivity index (χ4n) is 3.29. The fraction of sp³-hybridized carbons (Fsp3) is 0.600. The summed E-state index contributed by atoms with van der Waals surface area (Å²) < 4.78 is 25.7. The topological polar surface area (TPSA) is 29.3 Å². The highest BCUT2D eigenvalue weighted by Gasteiger charge is 2.42. The minimum Gasteiger partial charge on any atom is -0.330 e. The van der Waals surface area contributed by atoms with E-state index in [1.165, 1.54) is 18.9 Å². The lowest BCUT2D eigenvalue weighted by Gasteiger charge is -2.28. The second-order valence-electron chi connectivity index (χ2n) is 5.67. The van der Waals surface area contributed by atoms with E-state index in [0.717, 1.165) is 18.5 Å². The van der Waals surface area contributed by atoms with Crippen molar-refractivity contribution < 1.29 is 8.78 Å². The Balaban J connectivity index is 1.90. The van der Waals surface area contributed by atoms with Crippen LogP contribution >= 0.6 is 0 Å². The maximum atomic E-state index is 12.8. The van der Waals surface area contributed by atoms with E-state index >= 15 is 0 Å². The van der Waals surface area contributed by atoms with Crippen LogP contribution in [0, 0.1) is 5.92 Å². The molecule has 2 aliphatic rings. The summed E-state index contributed by atoms with van der Waals surface area (Å²) in [6, 6.07) is 7.77. The van der Waals surface area contributed by atoms with E-state index < -0.39 is 6.43 Å². The summed E-state index contributed by atoms with van der Waals surface area (Å²) in [6.07, 6.45) is 1.16. The van der Waals surface area contributed by atoms with Crippen LogP contribution in [-0.4, -0.2) is 24.0 Å². The van der Waals surface area contributed by atoms with Gasteiger partial charge in [0.15, 0.2) is 0 Å². The minimum atomic E-state index is -2.40. The first-order valence-corrected chi connectivity index (χ1v) is 7.04. The highest BCUT2D eigenvalue weighted by molar-refractivity contribution is 5.28. The molecule has 104 valence electrons. The average Bonchev–Trinajstić information content (AvgIpc) is 3.18. The Hall–Kier alpha value is -1.00. The zero-order valence-electron chi connectivity index (χ0n) is 10.9. The molecule has 0 spiro atoms. The molecule has 2 N–H and O–H groups in total. The van der Waals surface area contributed by atoms with E-state index in [1.54, 1.807) is 12.1 Å². The molecule has 1 aromatic carbocycles. The molecule has 1 saturated carbocycles. The van der Waals surface area contributed by atoms with Crippen molar-refractivity contribution in [2.75, 3.05) is 13.1 Å². The van der Waals surface area contributed by atoms with E-state index in [4.69, 9.17) is 5.73 Å². The second kappa shape index (κ2) is 5.17. The number of hydrogen-bond acceptors (Lipinski definition) is 2. The standard InChI is InChI=1S/C15H20F2N2/c16-15(17)11-3-1-2-10(8-11)14-12(9-18)6-7-19(14)13-4-5-13/h1-3,8,12-15H,4-7,9,18H2. The lowest BCUT2D eigenvalue weighted by molar-refractivity contribution is 0.150. The summed E-state index contributed by atoms with van der Waals surface area (Å²) in [7, 11) is 0. The van der Waals surface area contributed by atoms with Crippen LogP contribution < -0.4 is 5.73 Å². The maximum Gasteiger partial charge on any atom is 0.263 e. The molecule has 1 aliphatic carbocycles. The highest BCUT2D eigenvalue weighted by Crippen LogP contribution is 2.44. The number of alkyl halides is 2. The van der Waals surface area contributed by atoms with E-state index in [9.17, 15) is 8.78 Å². The summed E-state index contributed by atoms with van der Waals surface area (Å²) in [4.78, 5) is 2.47. The number of benzene rings is 1. The molecular formula is C15H20F2N2. The van der Waals surface area contributed by atoms with Crippen molar-refractivity contribution in [2.45, 2.75) is 37.8 Å². The number of halogens is 2. The first kappa shape index (κ1) is 13.0. The van der Waals surface area contributed by atoms with Gasteiger partial charge in [-0.25, -0.2) is 8.78 Å². The molecule has 1 heterocycles. The van der Waals surface area contributed by atoms with Crippen LogP contribution in [0.3, 0.4) is 0 Å². The van der Waals surface area contributed by atoms with E-state index in [0.29, 0.717) is 18.5 Å². The summed E-state index contributed by atoms with van der Waals surface area (Å²) in [5.41, 5.74) is 7.00. The third kappa shape index (κ3) is 2.51. The number of likely N-dealkylation sites (tertiary alicyclic amines) is 1. The van der Waals surface area contributed by atoms with Crippen molar-refractivity contribution in [3.05, 3.63) is 35.4 Å². The predicted molar refractivity (Wildman–Crippen MR) is 71.0 cm³/mol. The van der Waals surface area contributed by atoms with Crippen LogP contribution in [0.2, 0.25) is 0 Å². The summed E-state index contributed by atoms with van der Waals surface area (Å²) in [6.45, 7) is 1.68. The third-order valence-electron chi connectivity index (χ3n) is 4.38. The van der Waals surface area contributed by atoms with Gasteiger partial charge in [0.25, 0.3) is 6.43 Å². The van der Waals surface area contributed by atoms with Crippen molar-refractivity contribution in [3.8, 4) is 0 Å². The Morgan fingerprint density at radius 1 is 1.26 bits per heavy atom. The molecule has 2 unspecified atom stereocenters. The van der Waals surface area contributed by atoms with Crippen LogP contribution in [0.4, 0.5) is 8.78 Å². The van der Waals surface area contributed by atoms with Gasteiger partial charge in [-0.2, -0.15) is 0 Å². The summed E-state index contributed by atoms with van der Waals surface area (Å²) in [5.74, 6) is 0.397. The fourth-order valence-corrected chi connectivity index (χ4v) is 3.29. The molecule has 0 amide bonds. The lowest BCUT2D eigenvalue weighted by Crippen LogP contribution is -2.30. The number of rotatable bonds is 4. The van der Waals surface area contributed by atoms with Gasteiger partial charge >= 0.3 is 0 Å². The van der Waals surface area contributed by atoms with Crippen LogP contribution in [0.5, 0.6) is 0 Å². The van der Waals surface area contributed by atoms with E-state index in [-0.39, 0.29) is 11.6 Å². The van der Waals surface area contributed by atoms with Gasteiger partial charge in [-0.15, -0.1) is 0 Å². The maximum absolute atomic E-state index is 12.8. The van der Waals surface area contributed by atoms with Gasteiger partial charge in [0.2, 0.25) is 0 Å². The molecule has 2 nitrogen and oxygen atoms in total. The smallest absolute Gasteiger partial charge is 0.263 e. The molecule has 0 aromatic heterocycles. The monoisotopic (exact) mass is 266 g/mol. The van der Waals surface area contributed by atoms with Gasteiger partial charge < -0.3 is 5.73 Å². The van der Waals surface area contributed by atoms with Gasteiger partial charge in [0.05, 0.1) is 0 Å². The molecule has 0 bridgehead atoms. The molecule has 1 aliphatic heterocycles. The number of nitrogens with zero attached hydrogens (tertiary/aromatic N) is 1. The van der Waals surface area contributed by atoms with Gasteiger partial charge in [-0.05, 0) is 49.9 Å². The number of hydrogen-bond donors (Lipinski definition) is 1. The largest absolute Gasteiger partial charge is 0.330 e. The zero-order valence-corrected chi connectivity index (χ0v) is 10.9. The Kier molecular flexibility index (Phi) is 3.54. The molecule has 2 atom stereocenters. The second-order valence-corrected chi connectivity index (χ2v) is 5.67. The van der Waals surface area contributed by atoms with Crippen LogP contribution in [0.1, 0.15) is 42.9 Å². The molecule has 3 rings (SSSR count). The molecule has 2 fully saturated rings. The van der Waals surface area contributed by atoms with Gasteiger partial charge in [0.1, 0.15) is 0 Å². The molecule has 1 saturated heterocycles. The van der Waals surface area contributed by atoms with Crippen molar-refractivity contribution in [1.29, 1.82) is 0 Å². The quantitative estimate of drug-likeness (QED) is 0.907. The van der Waals surface area contributed by atoms with Crippen LogP contribution in [0.15, 0.2) is 24.3 Å². The highest BCUT2D eigenvalue weighted by atomic mass is 19.3. The Labute approximate surface area is 112 Å². The summed E-state index contributed by atoms with van der Waals surface area (Å²) >= 11 is 0. The molecule has 1 aromatic rings.